The van der Waals surface area contributed by atoms with Crippen LogP contribution < -0.4 is 0 Å². The van der Waals surface area contributed by atoms with Crippen LogP contribution in [0.2, 0.25) is 0 Å². The highest BCUT2D eigenvalue weighted by molar-refractivity contribution is 6.11. The van der Waals surface area contributed by atoms with Gasteiger partial charge in [-0.15, -0.1) is 0 Å². The summed E-state index contributed by atoms with van der Waals surface area (Å²) < 4.78 is 2.43. The zero-order chi connectivity index (χ0) is 33.1. The highest BCUT2D eigenvalue weighted by atomic mass is 15.0. The van der Waals surface area contributed by atoms with Crippen molar-refractivity contribution in [1.29, 1.82) is 0 Å². The summed E-state index contributed by atoms with van der Waals surface area (Å²) in [5.74, 6) is 0.711. The number of aromatic nitrogens is 1. The molecule has 2 unspecified atom stereocenters. The fourth-order valence-corrected chi connectivity index (χ4v) is 9.57. The summed E-state index contributed by atoms with van der Waals surface area (Å²) in [6.07, 6.45) is 14.3. The molecule has 50 heavy (non-hydrogen) atoms. The molecule has 0 saturated heterocycles. The highest BCUT2D eigenvalue weighted by Gasteiger charge is 2.38. The summed E-state index contributed by atoms with van der Waals surface area (Å²) >= 11 is 0. The van der Waals surface area contributed by atoms with E-state index in [0.29, 0.717) is 11.8 Å². The third-order valence-corrected chi connectivity index (χ3v) is 12.0. The van der Waals surface area contributed by atoms with E-state index >= 15 is 0 Å². The minimum absolute atomic E-state index is 0.130. The van der Waals surface area contributed by atoms with Gasteiger partial charge >= 0.3 is 0 Å². The number of benzene rings is 6. The lowest BCUT2D eigenvalue weighted by Crippen LogP contribution is -2.22. The van der Waals surface area contributed by atoms with E-state index in [0.717, 1.165) is 0 Å². The molecule has 0 bridgehead atoms. The van der Waals surface area contributed by atoms with Gasteiger partial charge in [0.15, 0.2) is 0 Å². The first-order valence-electron chi connectivity index (χ1n) is 17.9. The fraction of sp³-hybridized carbons (Fsp3) is 0.102. The van der Waals surface area contributed by atoms with Crippen LogP contribution in [0.25, 0.3) is 67.5 Å². The lowest BCUT2D eigenvalue weighted by Gasteiger charge is -2.37. The number of fused-ring (bicyclic) bond motifs is 6. The third-order valence-electron chi connectivity index (χ3n) is 12.0. The van der Waals surface area contributed by atoms with Crippen LogP contribution in [0.4, 0.5) is 0 Å². The van der Waals surface area contributed by atoms with Crippen molar-refractivity contribution >= 4 is 39.5 Å². The maximum Gasteiger partial charge on any atom is 0.0547 e. The number of nitrogens with zero attached hydrogens (tertiary/aromatic N) is 1. The Morgan fingerprint density at radius 1 is 0.540 bits per heavy atom. The Labute approximate surface area is 292 Å². The molecule has 7 aromatic rings. The molecule has 1 heterocycles. The van der Waals surface area contributed by atoms with Crippen molar-refractivity contribution in [3.63, 3.8) is 0 Å². The van der Waals surface area contributed by atoms with E-state index in [1.165, 1.54) is 94.3 Å². The van der Waals surface area contributed by atoms with E-state index in [1.54, 1.807) is 0 Å². The van der Waals surface area contributed by atoms with Gasteiger partial charge in [-0.3, -0.25) is 0 Å². The molecule has 4 aliphatic rings. The first kappa shape index (κ1) is 28.0. The zero-order valence-electron chi connectivity index (χ0n) is 28.2. The maximum absolute atomic E-state index is 2.49. The van der Waals surface area contributed by atoms with Gasteiger partial charge in [0, 0.05) is 33.7 Å². The van der Waals surface area contributed by atoms with Crippen molar-refractivity contribution in [3.8, 4) is 27.9 Å². The van der Waals surface area contributed by atoms with Crippen LogP contribution in [-0.2, 0) is 5.41 Å². The Morgan fingerprint density at radius 2 is 1.28 bits per heavy atom. The minimum Gasteiger partial charge on any atom is -0.309 e. The number of hydrogen-bond donors (Lipinski definition) is 0. The molecular formula is C49H35N. The van der Waals surface area contributed by atoms with Gasteiger partial charge in [-0.25, -0.2) is 0 Å². The second kappa shape index (κ2) is 10.1. The summed E-state index contributed by atoms with van der Waals surface area (Å²) in [5.41, 5.74) is 20.0. The van der Waals surface area contributed by atoms with Crippen LogP contribution in [0.1, 0.15) is 53.1 Å². The van der Waals surface area contributed by atoms with Gasteiger partial charge in [-0.2, -0.15) is 0 Å². The maximum atomic E-state index is 2.49. The molecule has 0 radical (unpaired) electrons. The van der Waals surface area contributed by atoms with Gasteiger partial charge in [0.1, 0.15) is 0 Å². The number of rotatable bonds is 3. The van der Waals surface area contributed by atoms with Gasteiger partial charge in [-0.1, -0.05) is 141 Å². The molecule has 2 atom stereocenters. The van der Waals surface area contributed by atoms with Crippen LogP contribution in [-0.4, -0.2) is 4.57 Å². The Kier molecular flexibility index (Phi) is 5.63. The lowest BCUT2D eigenvalue weighted by atomic mass is 9.66. The smallest absolute Gasteiger partial charge is 0.0547 e. The van der Waals surface area contributed by atoms with Gasteiger partial charge in [0.05, 0.1) is 11.0 Å². The lowest BCUT2D eigenvalue weighted by molar-refractivity contribution is 0.661. The first-order valence-corrected chi connectivity index (χ1v) is 17.9. The molecule has 0 aliphatic heterocycles. The SMILES string of the molecule is CC1(C)c2cc(-c3ccc4c5c3C=CC3C=CC(c6ccccc6)=C(C=C4)C53)ccc2-c2cc3c(cc21)c1ccccc1n3-c1ccccc1. The Morgan fingerprint density at radius 3 is 2.14 bits per heavy atom. The largest absolute Gasteiger partial charge is 0.309 e. The second-order valence-electron chi connectivity index (χ2n) is 14.9. The van der Waals surface area contributed by atoms with Gasteiger partial charge in [0.2, 0.25) is 0 Å². The molecule has 0 N–H and O–H groups in total. The number of para-hydroxylation sites is 2. The standard InChI is InChI=1S/C49H35N/c1-49(2)43-27-33(36-23-18-32-19-25-39-35(30-11-5-3-6-12-30)22-17-31-20-26-40(36)48(32)47(31)39)21-24-37(43)41-29-46-42(28-44(41)49)38-15-9-10-16-45(38)50(46)34-13-7-4-8-14-34/h3-29,31,47H,1-2H3. The van der Waals surface area contributed by atoms with Crippen LogP contribution in [0, 0.1) is 5.92 Å². The van der Waals surface area contributed by atoms with Gasteiger partial charge < -0.3 is 4.57 Å². The fourth-order valence-electron chi connectivity index (χ4n) is 9.57. The Balaban J connectivity index is 1.07. The van der Waals surface area contributed by atoms with Crippen LogP contribution in [0.15, 0.2) is 157 Å². The molecule has 11 rings (SSSR count). The molecule has 0 saturated carbocycles. The molecule has 0 amide bonds. The Bertz CT molecular complexity index is 2710. The molecule has 1 nitrogen and oxygen atoms in total. The summed E-state index contributed by atoms with van der Waals surface area (Å²) in [5, 5.41) is 2.62. The zero-order valence-corrected chi connectivity index (χ0v) is 28.2. The highest BCUT2D eigenvalue weighted by Crippen LogP contribution is 2.54. The summed E-state index contributed by atoms with van der Waals surface area (Å²) in [4.78, 5) is 0. The van der Waals surface area contributed by atoms with Crippen molar-refractivity contribution in [2.24, 2.45) is 5.92 Å². The molecule has 4 aliphatic carbocycles. The van der Waals surface area contributed by atoms with E-state index in [1.807, 2.05) is 0 Å². The average Bonchev–Trinajstić information content (AvgIpc) is 3.61. The average molecular weight is 638 g/mol. The van der Waals surface area contributed by atoms with E-state index in [2.05, 4.69) is 182 Å². The molecule has 1 heteroatoms. The third kappa shape index (κ3) is 3.72. The predicted octanol–water partition coefficient (Wildman–Crippen LogP) is 12.5. The van der Waals surface area contributed by atoms with Crippen LogP contribution in [0.5, 0.6) is 0 Å². The van der Waals surface area contributed by atoms with Gasteiger partial charge in [-0.05, 0) is 103 Å². The van der Waals surface area contributed by atoms with Gasteiger partial charge in [0.25, 0.3) is 0 Å². The quantitative estimate of drug-likeness (QED) is 0.182. The Hall–Kier alpha value is -5.92. The van der Waals surface area contributed by atoms with E-state index in [9.17, 15) is 0 Å². The summed E-state index contributed by atoms with van der Waals surface area (Å²) in [6, 6.07) is 47.4. The molecule has 236 valence electrons. The summed E-state index contributed by atoms with van der Waals surface area (Å²) in [6.45, 7) is 4.82. The van der Waals surface area contributed by atoms with Crippen LogP contribution in [0.3, 0.4) is 0 Å². The second-order valence-corrected chi connectivity index (χ2v) is 14.9. The normalized spacial score (nSPS) is 18.8. The minimum atomic E-state index is -0.130. The predicted molar refractivity (Wildman–Crippen MR) is 211 cm³/mol. The van der Waals surface area contributed by atoms with Crippen molar-refractivity contribution < 1.29 is 0 Å². The number of hydrogen-bond acceptors (Lipinski definition) is 0. The molecule has 1 aromatic heterocycles. The summed E-state index contributed by atoms with van der Waals surface area (Å²) in [7, 11) is 0. The van der Waals surface area contributed by atoms with E-state index < -0.39 is 0 Å². The van der Waals surface area contributed by atoms with E-state index in [4.69, 9.17) is 0 Å². The van der Waals surface area contributed by atoms with Crippen molar-refractivity contribution in [2.45, 2.75) is 25.2 Å². The van der Waals surface area contributed by atoms with Crippen LogP contribution >= 0.6 is 0 Å². The molecule has 0 fully saturated rings. The van der Waals surface area contributed by atoms with Crippen molar-refractivity contribution in [2.75, 3.05) is 0 Å². The van der Waals surface area contributed by atoms with E-state index in [-0.39, 0.29) is 5.41 Å². The molecule has 0 spiro atoms. The molecular weight excluding hydrogens is 603 g/mol. The van der Waals surface area contributed by atoms with Crippen molar-refractivity contribution in [1.82, 2.24) is 4.57 Å². The van der Waals surface area contributed by atoms with Crippen molar-refractivity contribution in [3.05, 3.63) is 191 Å². The molecule has 6 aromatic carbocycles. The topological polar surface area (TPSA) is 4.93 Å². The monoisotopic (exact) mass is 637 g/mol. The number of allylic oxidation sites excluding steroid dienone is 6. The first-order chi connectivity index (χ1) is 24.6.